The molecule has 0 bridgehead atoms. The molecule has 0 saturated carbocycles. The average molecular weight is 246 g/mol. The molecule has 16 heavy (non-hydrogen) atoms. The second kappa shape index (κ2) is 7.59. The zero-order chi connectivity index (χ0) is 12.6. The lowest BCUT2D eigenvalue weighted by Gasteiger charge is -2.28. The first-order valence-corrected chi connectivity index (χ1v) is 8.14. The molecule has 0 fully saturated rings. The van der Waals surface area contributed by atoms with Crippen LogP contribution in [0.1, 0.15) is 27.7 Å². The van der Waals surface area contributed by atoms with Gasteiger partial charge in [0, 0.05) is 12.7 Å². The molecule has 0 N–H and O–H groups in total. The fraction of sp³-hybridized carbons (Fsp3) is 0.727. The van der Waals surface area contributed by atoms with Crippen LogP contribution >= 0.6 is 0 Å². The van der Waals surface area contributed by atoms with Crippen LogP contribution in [0.4, 0.5) is 0 Å². The summed E-state index contributed by atoms with van der Waals surface area (Å²) in [4.78, 5) is 11.2. The van der Waals surface area contributed by atoms with Crippen molar-refractivity contribution in [2.24, 2.45) is 0 Å². The van der Waals surface area contributed by atoms with Gasteiger partial charge in [-0.15, -0.1) is 0 Å². The van der Waals surface area contributed by atoms with E-state index in [4.69, 9.17) is 13.6 Å². The molecule has 4 nitrogen and oxygen atoms in total. The lowest BCUT2D eigenvalue weighted by Crippen LogP contribution is -2.41. The Morgan fingerprint density at radius 2 is 2.06 bits per heavy atom. The summed E-state index contributed by atoms with van der Waals surface area (Å²) < 4.78 is 16.3. The maximum absolute atomic E-state index is 11.2. The molecule has 0 spiro atoms. The Bertz CT molecular complexity index is 242. The number of esters is 1. The minimum Gasteiger partial charge on any atom is -0.434 e. The van der Waals surface area contributed by atoms with Crippen LogP contribution in [-0.2, 0) is 18.4 Å². The van der Waals surface area contributed by atoms with Crippen molar-refractivity contribution < 1.29 is 18.4 Å². The highest BCUT2D eigenvalue weighted by Gasteiger charge is 2.31. The van der Waals surface area contributed by atoms with Crippen molar-refractivity contribution in [3.05, 3.63) is 12.2 Å². The molecule has 0 rings (SSSR count). The molecule has 2 atom stereocenters. The lowest BCUT2D eigenvalue weighted by atomic mass is 10.5. The van der Waals surface area contributed by atoms with Gasteiger partial charge in [0.1, 0.15) is 0 Å². The Balaban J connectivity index is 4.19. The minimum atomic E-state index is -2.18. The van der Waals surface area contributed by atoms with E-state index >= 15 is 0 Å². The molecule has 0 radical (unpaired) electrons. The first kappa shape index (κ1) is 15.3. The zero-order valence-corrected chi connectivity index (χ0v) is 11.8. The highest BCUT2D eigenvalue weighted by molar-refractivity contribution is 6.65. The van der Waals surface area contributed by atoms with Gasteiger partial charge in [-0.1, -0.05) is 13.0 Å². The molecule has 2 unspecified atom stereocenters. The molecular formula is C11H22O4Si. The van der Waals surface area contributed by atoms with Gasteiger partial charge in [-0.25, -0.2) is 4.79 Å². The van der Waals surface area contributed by atoms with E-state index in [1.165, 1.54) is 6.08 Å². The van der Waals surface area contributed by atoms with Crippen LogP contribution in [0.15, 0.2) is 12.2 Å². The standard InChI is InChI=1S/C11H22O4Si/c1-6-9-11(12)14-10(4)15-16(5,8-3)13-7-2/h6,9-10H,7-8H2,1-5H3. The number of carbonyl (C=O) groups is 1. The second-order valence-electron chi connectivity index (χ2n) is 3.54. The third-order valence-electron chi connectivity index (χ3n) is 2.09. The summed E-state index contributed by atoms with van der Waals surface area (Å²) in [6, 6.07) is 0.826. The van der Waals surface area contributed by atoms with E-state index in [1.54, 1.807) is 19.9 Å². The molecule has 5 heteroatoms. The molecule has 0 aromatic heterocycles. The van der Waals surface area contributed by atoms with Gasteiger partial charge in [0.05, 0.1) is 0 Å². The monoisotopic (exact) mass is 246 g/mol. The van der Waals surface area contributed by atoms with E-state index in [1.807, 2.05) is 20.4 Å². The summed E-state index contributed by atoms with van der Waals surface area (Å²) in [6.07, 6.45) is 2.44. The average Bonchev–Trinajstić information content (AvgIpc) is 2.17. The number of carbonyl (C=O) groups excluding carboxylic acids is 1. The summed E-state index contributed by atoms with van der Waals surface area (Å²) in [5.74, 6) is -0.390. The molecular weight excluding hydrogens is 224 g/mol. The summed E-state index contributed by atoms with van der Waals surface area (Å²) in [5, 5.41) is 0. The van der Waals surface area contributed by atoms with Crippen LogP contribution in [0.25, 0.3) is 0 Å². The molecule has 0 aliphatic carbocycles. The van der Waals surface area contributed by atoms with Crippen molar-refractivity contribution in [3.8, 4) is 0 Å². The fourth-order valence-electron chi connectivity index (χ4n) is 1.24. The van der Waals surface area contributed by atoms with E-state index < -0.39 is 14.9 Å². The SMILES string of the molecule is CC=CC(=O)OC(C)O[Si](C)(CC)OCC. The zero-order valence-electron chi connectivity index (χ0n) is 10.8. The van der Waals surface area contributed by atoms with Crippen LogP contribution in [-0.4, -0.2) is 27.4 Å². The van der Waals surface area contributed by atoms with Gasteiger partial charge in [-0.05, 0) is 33.4 Å². The molecule has 94 valence electrons. The molecule has 0 amide bonds. The number of allylic oxidation sites excluding steroid dienone is 1. The maximum atomic E-state index is 11.2. The van der Waals surface area contributed by atoms with Crippen molar-refractivity contribution in [1.29, 1.82) is 0 Å². The van der Waals surface area contributed by atoms with Gasteiger partial charge in [-0.2, -0.15) is 0 Å². The quantitative estimate of drug-likeness (QED) is 0.300. The maximum Gasteiger partial charge on any atom is 0.337 e. The first-order valence-electron chi connectivity index (χ1n) is 5.62. The third-order valence-corrected chi connectivity index (χ3v) is 5.11. The van der Waals surface area contributed by atoms with Crippen molar-refractivity contribution in [2.45, 2.75) is 46.6 Å². The predicted molar refractivity (Wildman–Crippen MR) is 65.2 cm³/mol. The molecule has 0 aromatic rings. The highest BCUT2D eigenvalue weighted by Crippen LogP contribution is 2.15. The summed E-state index contributed by atoms with van der Waals surface area (Å²) >= 11 is 0. The van der Waals surface area contributed by atoms with Gasteiger partial charge in [0.25, 0.3) is 0 Å². The van der Waals surface area contributed by atoms with Crippen LogP contribution in [0.5, 0.6) is 0 Å². The van der Waals surface area contributed by atoms with Gasteiger partial charge in [0.2, 0.25) is 0 Å². The lowest BCUT2D eigenvalue weighted by molar-refractivity contribution is -0.157. The Morgan fingerprint density at radius 3 is 2.50 bits per heavy atom. The third kappa shape index (κ3) is 6.04. The second-order valence-corrected chi connectivity index (χ2v) is 7.04. The van der Waals surface area contributed by atoms with E-state index in [9.17, 15) is 4.79 Å². The van der Waals surface area contributed by atoms with Gasteiger partial charge >= 0.3 is 14.5 Å². The smallest absolute Gasteiger partial charge is 0.337 e. The van der Waals surface area contributed by atoms with E-state index in [2.05, 4.69) is 0 Å². The first-order chi connectivity index (χ1) is 7.47. The van der Waals surface area contributed by atoms with Gasteiger partial charge < -0.3 is 13.6 Å². The van der Waals surface area contributed by atoms with E-state index in [-0.39, 0.29) is 5.97 Å². The van der Waals surface area contributed by atoms with Crippen molar-refractivity contribution in [3.63, 3.8) is 0 Å². The number of hydrogen-bond donors (Lipinski definition) is 0. The van der Waals surface area contributed by atoms with Crippen molar-refractivity contribution in [2.75, 3.05) is 6.61 Å². The molecule has 0 saturated heterocycles. The Hall–Kier alpha value is -0.653. The van der Waals surface area contributed by atoms with E-state index in [0.29, 0.717) is 6.61 Å². The topological polar surface area (TPSA) is 44.8 Å². The highest BCUT2D eigenvalue weighted by atomic mass is 28.4. The van der Waals surface area contributed by atoms with Crippen LogP contribution in [0.2, 0.25) is 12.6 Å². The fourth-order valence-corrected chi connectivity index (χ4v) is 3.04. The molecule has 0 aliphatic heterocycles. The summed E-state index contributed by atoms with van der Waals surface area (Å²) in [6.45, 7) is 10.0. The largest absolute Gasteiger partial charge is 0.434 e. The Labute approximate surface area is 98.8 Å². The summed E-state index contributed by atoms with van der Waals surface area (Å²) in [5.41, 5.74) is 0. The van der Waals surface area contributed by atoms with Gasteiger partial charge in [0.15, 0.2) is 6.29 Å². The Kier molecular flexibility index (Phi) is 7.28. The number of hydrogen-bond acceptors (Lipinski definition) is 4. The minimum absolute atomic E-state index is 0.390. The summed E-state index contributed by atoms with van der Waals surface area (Å²) in [7, 11) is -2.18. The Morgan fingerprint density at radius 1 is 1.44 bits per heavy atom. The van der Waals surface area contributed by atoms with Crippen LogP contribution in [0, 0.1) is 0 Å². The van der Waals surface area contributed by atoms with Crippen LogP contribution < -0.4 is 0 Å². The number of rotatable bonds is 7. The van der Waals surface area contributed by atoms with Crippen LogP contribution in [0.3, 0.4) is 0 Å². The van der Waals surface area contributed by atoms with Crippen molar-refractivity contribution in [1.82, 2.24) is 0 Å². The predicted octanol–water partition coefficient (Wildman–Crippen LogP) is 2.60. The molecule has 0 aromatic carbocycles. The number of ether oxygens (including phenoxy) is 1. The molecule has 0 heterocycles. The van der Waals surface area contributed by atoms with E-state index in [0.717, 1.165) is 6.04 Å². The normalized spacial score (nSPS) is 17.1. The molecule has 0 aliphatic rings. The van der Waals surface area contributed by atoms with Gasteiger partial charge in [-0.3, -0.25) is 0 Å². The van der Waals surface area contributed by atoms with Crippen molar-refractivity contribution >= 4 is 14.5 Å².